The van der Waals surface area contributed by atoms with Crippen molar-refractivity contribution in [2.24, 2.45) is 0 Å². The quantitative estimate of drug-likeness (QED) is 0.700. The lowest BCUT2D eigenvalue weighted by Gasteiger charge is -2.27. The van der Waals surface area contributed by atoms with Crippen LogP contribution in [0.25, 0.3) is 0 Å². The summed E-state index contributed by atoms with van der Waals surface area (Å²) in [5.74, 6) is -0.927. The molecule has 4 nitrogen and oxygen atoms in total. The van der Waals surface area contributed by atoms with Crippen molar-refractivity contribution in [1.29, 1.82) is 0 Å². The SMILES string of the molecule is CC(C)(C)OC(=O)N(CCc1cc(F)cc(F)c1)c1ncccc1Br. The van der Waals surface area contributed by atoms with Crippen molar-refractivity contribution in [2.75, 3.05) is 11.4 Å². The molecule has 0 atom stereocenters. The van der Waals surface area contributed by atoms with Crippen LogP contribution in [0.5, 0.6) is 0 Å². The van der Waals surface area contributed by atoms with Crippen molar-refractivity contribution in [2.45, 2.75) is 32.8 Å². The van der Waals surface area contributed by atoms with E-state index < -0.39 is 23.3 Å². The van der Waals surface area contributed by atoms with Crippen LogP contribution in [-0.4, -0.2) is 23.2 Å². The number of carbonyl (C=O) groups is 1. The number of anilines is 1. The second-order valence-corrected chi connectivity index (χ2v) is 7.32. The standard InChI is InChI=1S/C18H19BrF2N2O2/c1-18(2,3)25-17(24)23(16-15(19)5-4-7-22-16)8-6-12-9-13(20)11-14(21)10-12/h4-5,7,9-11H,6,8H2,1-3H3. The van der Waals surface area contributed by atoms with E-state index in [0.717, 1.165) is 6.07 Å². The van der Waals surface area contributed by atoms with E-state index in [-0.39, 0.29) is 13.0 Å². The summed E-state index contributed by atoms with van der Waals surface area (Å²) in [6, 6.07) is 6.77. The number of amides is 1. The summed E-state index contributed by atoms with van der Waals surface area (Å²) >= 11 is 3.36. The molecule has 2 rings (SSSR count). The third-order valence-corrected chi connectivity index (χ3v) is 3.77. The molecule has 0 saturated carbocycles. The Kier molecular flexibility index (Phi) is 6.11. The van der Waals surface area contributed by atoms with Crippen molar-refractivity contribution >= 4 is 27.8 Å². The molecule has 0 bridgehead atoms. The van der Waals surface area contributed by atoms with Gasteiger partial charge in [-0.1, -0.05) is 0 Å². The van der Waals surface area contributed by atoms with Crippen LogP contribution in [0.15, 0.2) is 41.0 Å². The number of aromatic nitrogens is 1. The van der Waals surface area contributed by atoms with Crippen LogP contribution in [0.2, 0.25) is 0 Å². The topological polar surface area (TPSA) is 42.4 Å². The number of benzene rings is 1. The molecule has 134 valence electrons. The second kappa shape index (κ2) is 7.91. The first kappa shape index (κ1) is 19.3. The number of rotatable bonds is 4. The lowest BCUT2D eigenvalue weighted by Crippen LogP contribution is -2.38. The minimum atomic E-state index is -0.679. The molecule has 0 spiro atoms. The number of hydrogen-bond acceptors (Lipinski definition) is 3. The number of nitrogens with zero attached hydrogens (tertiary/aromatic N) is 2. The maximum Gasteiger partial charge on any atom is 0.416 e. The smallest absolute Gasteiger partial charge is 0.416 e. The van der Waals surface area contributed by atoms with Crippen LogP contribution >= 0.6 is 15.9 Å². The highest BCUT2D eigenvalue weighted by Gasteiger charge is 2.25. The highest BCUT2D eigenvalue weighted by Crippen LogP contribution is 2.25. The molecule has 1 aromatic heterocycles. The fourth-order valence-electron chi connectivity index (χ4n) is 2.17. The summed E-state index contributed by atoms with van der Waals surface area (Å²) < 4.78 is 32.8. The van der Waals surface area contributed by atoms with Crippen molar-refractivity contribution in [3.8, 4) is 0 Å². The largest absolute Gasteiger partial charge is 0.443 e. The first-order chi connectivity index (χ1) is 11.7. The van der Waals surface area contributed by atoms with E-state index in [1.165, 1.54) is 17.0 Å². The molecule has 2 aromatic rings. The summed E-state index contributed by atoms with van der Waals surface area (Å²) in [4.78, 5) is 18.1. The second-order valence-electron chi connectivity index (χ2n) is 6.47. The monoisotopic (exact) mass is 412 g/mol. The molecule has 1 heterocycles. The molecule has 0 fully saturated rings. The van der Waals surface area contributed by atoms with E-state index in [9.17, 15) is 13.6 Å². The average molecular weight is 413 g/mol. The number of ether oxygens (including phenoxy) is 1. The Morgan fingerprint density at radius 1 is 1.24 bits per heavy atom. The van der Waals surface area contributed by atoms with Gasteiger partial charge < -0.3 is 4.74 Å². The van der Waals surface area contributed by atoms with Crippen LogP contribution in [0.3, 0.4) is 0 Å². The zero-order valence-electron chi connectivity index (χ0n) is 14.2. The molecule has 0 N–H and O–H groups in total. The minimum Gasteiger partial charge on any atom is -0.443 e. The molecule has 0 aliphatic rings. The summed E-state index contributed by atoms with van der Waals surface area (Å²) in [5, 5.41) is 0. The zero-order chi connectivity index (χ0) is 18.6. The summed E-state index contributed by atoms with van der Waals surface area (Å²) in [7, 11) is 0. The van der Waals surface area contributed by atoms with Gasteiger partial charge in [-0.25, -0.2) is 18.6 Å². The van der Waals surface area contributed by atoms with E-state index in [4.69, 9.17) is 4.74 Å². The maximum atomic E-state index is 13.4. The van der Waals surface area contributed by atoms with Gasteiger partial charge in [0.2, 0.25) is 0 Å². The Bertz CT molecular complexity index is 743. The third kappa shape index (κ3) is 5.77. The van der Waals surface area contributed by atoms with Gasteiger partial charge in [0.1, 0.15) is 17.2 Å². The molecule has 1 aromatic carbocycles. The number of carbonyl (C=O) groups excluding carboxylic acids is 1. The average Bonchev–Trinajstić information content (AvgIpc) is 2.46. The highest BCUT2D eigenvalue weighted by molar-refractivity contribution is 9.10. The molecule has 7 heteroatoms. The van der Waals surface area contributed by atoms with E-state index >= 15 is 0 Å². The van der Waals surface area contributed by atoms with Crippen molar-refractivity contribution in [3.05, 3.63) is 58.2 Å². The van der Waals surface area contributed by atoms with Crippen LogP contribution in [0, 0.1) is 11.6 Å². The lowest BCUT2D eigenvalue weighted by atomic mass is 10.1. The lowest BCUT2D eigenvalue weighted by molar-refractivity contribution is 0.0579. The van der Waals surface area contributed by atoms with Gasteiger partial charge in [0.25, 0.3) is 0 Å². The number of hydrogen-bond donors (Lipinski definition) is 0. The van der Waals surface area contributed by atoms with E-state index in [1.807, 2.05) is 0 Å². The van der Waals surface area contributed by atoms with Gasteiger partial charge in [-0.3, -0.25) is 4.90 Å². The van der Waals surface area contributed by atoms with Crippen LogP contribution in [-0.2, 0) is 11.2 Å². The molecule has 0 aliphatic carbocycles. The minimum absolute atomic E-state index is 0.160. The van der Waals surface area contributed by atoms with Gasteiger partial charge in [-0.05, 0) is 73.0 Å². The Morgan fingerprint density at radius 2 is 1.88 bits per heavy atom. The number of pyridine rings is 1. The molecule has 0 radical (unpaired) electrons. The van der Waals surface area contributed by atoms with Crippen LogP contribution in [0.4, 0.5) is 19.4 Å². The summed E-state index contributed by atoms with van der Waals surface area (Å²) in [6.45, 7) is 5.45. The fourth-order valence-corrected chi connectivity index (χ4v) is 2.64. The van der Waals surface area contributed by atoms with Gasteiger partial charge in [0.15, 0.2) is 5.82 Å². The molecule has 1 amide bonds. The first-order valence-electron chi connectivity index (χ1n) is 7.72. The molecule has 0 saturated heterocycles. The Morgan fingerprint density at radius 3 is 2.44 bits per heavy atom. The highest BCUT2D eigenvalue weighted by atomic mass is 79.9. The molecular weight excluding hydrogens is 394 g/mol. The zero-order valence-corrected chi connectivity index (χ0v) is 15.8. The van der Waals surface area contributed by atoms with Gasteiger partial charge in [-0.15, -0.1) is 0 Å². The fraction of sp³-hybridized carbons (Fsp3) is 0.333. The van der Waals surface area contributed by atoms with Crippen LogP contribution < -0.4 is 4.90 Å². The normalized spacial score (nSPS) is 11.3. The van der Waals surface area contributed by atoms with Crippen molar-refractivity contribution < 1.29 is 18.3 Å². The van der Waals surface area contributed by atoms with Crippen LogP contribution in [0.1, 0.15) is 26.3 Å². The predicted octanol–water partition coefficient (Wildman–Crippen LogP) is 5.11. The summed E-state index contributed by atoms with van der Waals surface area (Å²) in [5.41, 5.74) is -0.236. The van der Waals surface area contributed by atoms with Crippen molar-refractivity contribution in [1.82, 2.24) is 4.98 Å². The van der Waals surface area contributed by atoms with E-state index in [1.54, 1.807) is 39.1 Å². The Labute approximate surface area is 153 Å². The van der Waals surface area contributed by atoms with Gasteiger partial charge >= 0.3 is 6.09 Å². The van der Waals surface area contributed by atoms with Gasteiger partial charge in [0, 0.05) is 18.8 Å². The first-order valence-corrected chi connectivity index (χ1v) is 8.51. The molecular formula is C18H19BrF2N2O2. The Hall–Kier alpha value is -2.02. The Balaban J connectivity index is 2.25. The molecule has 25 heavy (non-hydrogen) atoms. The predicted molar refractivity (Wildman–Crippen MR) is 95.6 cm³/mol. The molecule has 0 aliphatic heterocycles. The van der Waals surface area contributed by atoms with E-state index in [0.29, 0.717) is 15.9 Å². The molecule has 0 unspecified atom stereocenters. The van der Waals surface area contributed by atoms with Gasteiger partial charge in [0.05, 0.1) is 4.47 Å². The number of halogens is 3. The summed E-state index contributed by atoms with van der Waals surface area (Å²) in [6.07, 6.45) is 1.22. The van der Waals surface area contributed by atoms with Gasteiger partial charge in [-0.2, -0.15) is 0 Å². The van der Waals surface area contributed by atoms with Crippen molar-refractivity contribution in [3.63, 3.8) is 0 Å². The third-order valence-electron chi connectivity index (χ3n) is 3.16. The maximum absolute atomic E-state index is 13.4. The van der Waals surface area contributed by atoms with E-state index in [2.05, 4.69) is 20.9 Å².